The molecule has 1 unspecified atom stereocenters. The van der Waals surface area contributed by atoms with Gasteiger partial charge in [-0.25, -0.2) is 13.8 Å². The molecule has 0 saturated carbocycles. The first-order valence-corrected chi connectivity index (χ1v) is 9.03. The second-order valence-corrected chi connectivity index (χ2v) is 6.42. The van der Waals surface area contributed by atoms with E-state index in [1.54, 1.807) is 19.3 Å². The molecule has 5 nitrogen and oxygen atoms in total. The fourth-order valence-electron chi connectivity index (χ4n) is 2.86. The second kappa shape index (κ2) is 10.9. The summed E-state index contributed by atoms with van der Waals surface area (Å²) in [6.45, 7) is 3.06. The zero-order valence-electron chi connectivity index (χ0n) is 16.3. The quantitative estimate of drug-likeness (QED) is 0.296. The molecule has 1 heterocycles. The fraction of sp³-hybridized carbons (Fsp3) is 0.238. The summed E-state index contributed by atoms with van der Waals surface area (Å²) in [6, 6.07) is 13.8. The van der Waals surface area contributed by atoms with Crippen LogP contribution in [0.1, 0.15) is 29.9 Å². The van der Waals surface area contributed by atoms with E-state index in [-0.39, 0.29) is 30.0 Å². The molecule has 1 atom stereocenters. The first kappa shape index (κ1) is 22.8. The van der Waals surface area contributed by atoms with Crippen molar-refractivity contribution >= 4 is 29.9 Å². The molecule has 29 heavy (non-hydrogen) atoms. The number of nitrogens with zero attached hydrogens (tertiary/aromatic N) is 3. The lowest BCUT2D eigenvalue weighted by Crippen LogP contribution is -2.38. The lowest BCUT2D eigenvalue weighted by molar-refractivity contribution is 0.504. The standard InChI is InChI=1S/C21H23F2N5.HI/c1-15(17-8-9-18(22)19(23)12-17)27-21(24-2)26-13-20-25-10-11-28(20)14-16-6-4-3-5-7-16;/h3-12,15H,13-14H2,1-2H3,(H2,24,26,27);1H. The van der Waals surface area contributed by atoms with Crippen LogP contribution in [0.2, 0.25) is 0 Å². The molecule has 0 fully saturated rings. The first-order valence-electron chi connectivity index (χ1n) is 9.03. The van der Waals surface area contributed by atoms with Crippen LogP contribution in [0.15, 0.2) is 65.9 Å². The Morgan fingerprint density at radius 2 is 1.90 bits per heavy atom. The molecule has 3 rings (SSSR count). The van der Waals surface area contributed by atoms with Gasteiger partial charge in [0.15, 0.2) is 17.6 Å². The highest BCUT2D eigenvalue weighted by Gasteiger charge is 2.12. The molecule has 2 aromatic carbocycles. The zero-order chi connectivity index (χ0) is 19.9. The smallest absolute Gasteiger partial charge is 0.191 e. The van der Waals surface area contributed by atoms with E-state index in [0.717, 1.165) is 18.4 Å². The normalized spacial score (nSPS) is 12.2. The van der Waals surface area contributed by atoms with Crippen molar-refractivity contribution in [3.05, 3.63) is 89.5 Å². The number of guanidine groups is 1. The maximum Gasteiger partial charge on any atom is 0.191 e. The number of nitrogens with one attached hydrogen (secondary N) is 2. The van der Waals surface area contributed by atoms with E-state index >= 15 is 0 Å². The average Bonchev–Trinajstić information content (AvgIpc) is 3.14. The second-order valence-electron chi connectivity index (χ2n) is 6.42. The lowest BCUT2D eigenvalue weighted by atomic mass is 10.1. The van der Waals surface area contributed by atoms with E-state index < -0.39 is 11.6 Å². The Hall–Kier alpha value is -2.49. The molecule has 0 radical (unpaired) electrons. The van der Waals surface area contributed by atoms with E-state index in [4.69, 9.17) is 0 Å². The van der Waals surface area contributed by atoms with Gasteiger partial charge in [0.05, 0.1) is 12.6 Å². The Labute approximate surface area is 186 Å². The molecular weight excluding hydrogens is 487 g/mol. The Balaban J connectivity index is 0.00000300. The SMILES string of the molecule is CN=C(NCc1nccn1Cc1ccccc1)NC(C)c1ccc(F)c(F)c1.I. The number of rotatable bonds is 6. The summed E-state index contributed by atoms with van der Waals surface area (Å²) < 4.78 is 28.6. The van der Waals surface area contributed by atoms with E-state index in [1.807, 2.05) is 31.3 Å². The Kier molecular flexibility index (Phi) is 8.56. The number of hydrogen-bond acceptors (Lipinski definition) is 2. The first-order chi connectivity index (χ1) is 13.6. The number of hydrogen-bond donors (Lipinski definition) is 2. The van der Waals surface area contributed by atoms with Crippen LogP contribution in [0.25, 0.3) is 0 Å². The van der Waals surface area contributed by atoms with Crippen molar-refractivity contribution in [2.75, 3.05) is 7.05 Å². The summed E-state index contributed by atoms with van der Waals surface area (Å²) in [5.74, 6) is -0.306. The van der Waals surface area contributed by atoms with Gasteiger partial charge in [0.25, 0.3) is 0 Å². The summed E-state index contributed by atoms with van der Waals surface area (Å²) in [5.41, 5.74) is 1.82. The van der Waals surface area contributed by atoms with Crippen molar-refractivity contribution in [2.24, 2.45) is 4.99 Å². The maximum atomic E-state index is 13.5. The summed E-state index contributed by atoms with van der Waals surface area (Å²) in [7, 11) is 1.66. The van der Waals surface area contributed by atoms with Crippen molar-refractivity contribution in [1.82, 2.24) is 20.2 Å². The van der Waals surface area contributed by atoms with Crippen LogP contribution >= 0.6 is 24.0 Å². The van der Waals surface area contributed by atoms with Crippen molar-refractivity contribution in [3.63, 3.8) is 0 Å². The number of imidazole rings is 1. The Morgan fingerprint density at radius 3 is 2.59 bits per heavy atom. The number of aliphatic imine (C=N–C) groups is 1. The summed E-state index contributed by atoms with van der Waals surface area (Å²) in [4.78, 5) is 8.60. The van der Waals surface area contributed by atoms with E-state index in [1.165, 1.54) is 11.6 Å². The molecule has 0 aliphatic carbocycles. The van der Waals surface area contributed by atoms with Gasteiger partial charge in [-0.3, -0.25) is 4.99 Å². The maximum absolute atomic E-state index is 13.5. The van der Waals surface area contributed by atoms with Crippen LogP contribution in [0, 0.1) is 11.6 Å². The predicted molar refractivity (Wildman–Crippen MR) is 121 cm³/mol. The molecule has 0 aliphatic heterocycles. The van der Waals surface area contributed by atoms with Crippen LogP contribution in [0.3, 0.4) is 0 Å². The largest absolute Gasteiger partial charge is 0.350 e. The van der Waals surface area contributed by atoms with Gasteiger partial charge in [0.2, 0.25) is 0 Å². The van der Waals surface area contributed by atoms with Crippen LogP contribution in [-0.2, 0) is 13.1 Å². The molecule has 0 bridgehead atoms. The molecule has 2 N–H and O–H groups in total. The number of halogens is 3. The van der Waals surface area contributed by atoms with Gasteiger partial charge in [-0.1, -0.05) is 36.4 Å². The van der Waals surface area contributed by atoms with Crippen molar-refractivity contribution < 1.29 is 8.78 Å². The van der Waals surface area contributed by atoms with Gasteiger partial charge in [0.1, 0.15) is 5.82 Å². The van der Waals surface area contributed by atoms with E-state index in [0.29, 0.717) is 18.1 Å². The van der Waals surface area contributed by atoms with Crippen LogP contribution in [-0.4, -0.2) is 22.6 Å². The highest BCUT2D eigenvalue weighted by atomic mass is 127. The molecule has 8 heteroatoms. The summed E-state index contributed by atoms with van der Waals surface area (Å²) in [6.07, 6.45) is 3.70. The highest BCUT2D eigenvalue weighted by molar-refractivity contribution is 14.0. The van der Waals surface area contributed by atoms with Gasteiger partial charge in [0, 0.05) is 26.0 Å². The summed E-state index contributed by atoms with van der Waals surface area (Å²) in [5, 5.41) is 6.39. The molecule has 154 valence electrons. The molecule has 0 amide bonds. The lowest BCUT2D eigenvalue weighted by Gasteiger charge is -2.18. The third kappa shape index (κ3) is 6.25. The van der Waals surface area contributed by atoms with Crippen LogP contribution in [0.4, 0.5) is 8.78 Å². The molecule has 0 saturated heterocycles. The van der Waals surface area contributed by atoms with Gasteiger partial charge in [-0.2, -0.15) is 0 Å². The highest BCUT2D eigenvalue weighted by Crippen LogP contribution is 2.15. The van der Waals surface area contributed by atoms with Crippen molar-refractivity contribution in [3.8, 4) is 0 Å². The molecule has 0 spiro atoms. The average molecular weight is 511 g/mol. The van der Waals surface area contributed by atoms with Crippen LogP contribution in [0.5, 0.6) is 0 Å². The minimum Gasteiger partial charge on any atom is -0.350 e. The predicted octanol–water partition coefficient (Wildman–Crippen LogP) is 4.25. The number of benzene rings is 2. The monoisotopic (exact) mass is 511 g/mol. The van der Waals surface area contributed by atoms with Gasteiger partial charge < -0.3 is 15.2 Å². The van der Waals surface area contributed by atoms with Crippen molar-refractivity contribution in [2.45, 2.75) is 26.1 Å². The zero-order valence-corrected chi connectivity index (χ0v) is 18.6. The Bertz CT molecular complexity index is 943. The van der Waals surface area contributed by atoms with E-state index in [9.17, 15) is 8.78 Å². The fourth-order valence-corrected chi connectivity index (χ4v) is 2.86. The topological polar surface area (TPSA) is 54.2 Å². The van der Waals surface area contributed by atoms with Gasteiger partial charge >= 0.3 is 0 Å². The third-order valence-corrected chi connectivity index (χ3v) is 4.43. The third-order valence-electron chi connectivity index (χ3n) is 4.43. The molecule has 3 aromatic rings. The minimum atomic E-state index is -0.864. The Morgan fingerprint density at radius 1 is 1.14 bits per heavy atom. The van der Waals surface area contributed by atoms with Crippen molar-refractivity contribution in [1.29, 1.82) is 0 Å². The number of aromatic nitrogens is 2. The molecule has 0 aliphatic rings. The molecular formula is C21H24F2IN5. The molecule has 1 aromatic heterocycles. The minimum absolute atomic E-state index is 0. The summed E-state index contributed by atoms with van der Waals surface area (Å²) >= 11 is 0. The van der Waals surface area contributed by atoms with Crippen LogP contribution < -0.4 is 10.6 Å². The van der Waals surface area contributed by atoms with E-state index in [2.05, 4.69) is 37.3 Å². The van der Waals surface area contributed by atoms with Gasteiger partial charge in [-0.15, -0.1) is 24.0 Å². The van der Waals surface area contributed by atoms with Gasteiger partial charge in [-0.05, 0) is 30.2 Å².